The average molecular weight is 409 g/mol. The van der Waals surface area contributed by atoms with Gasteiger partial charge in [0.15, 0.2) is 0 Å². The molecule has 1 atom stereocenters. The summed E-state index contributed by atoms with van der Waals surface area (Å²) in [5, 5.41) is 3.99. The maximum absolute atomic E-state index is 12.6. The first-order chi connectivity index (χ1) is 13.7. The number of benzene rings is 2. The van der Waals surface area contributed by atoms with Crippen LogP contribution in [0.25, 0.3) is 0 Å². The second-order valence-corrected chi connectivity index (χ2v) is 6.40. The molecule has 0 amide bonds. The fourth-order valence-electron chi connectivity index (χ4n) is 2.33. The van der Waals surface area contributed by atoms with Crippen molar-refractivity contribution in [1.29, 1.82) is 0 Å². The Hall–Kier alpha value is -3.03. The fraction of sp³-hybridized carbons (Fsp3) is 0.333. The van der Waals surface area contributed by atoms with E-state index in [0.717, 1.165) is 17.7 Å². The minimum Gasteiger partial charge on any atom is -0.493 e. The van der Waals surface area contributed by atoms with Crippen LogP contribution in [-0.4, -0.2) is 25.4 Å². The van der Waals surface area contributed by atoms with E-state index in [-0.39, 0.29) is 25.1 Å². The van der Waals surface area contributed by atoms with Crippen molar-refractivity contribution >= 4 is 11.7 Å². The molecule has 0 aliphatic carbocycles. The minimum absolute atomic E-state index is 0.0576. The molecule has 0 saturated carbocycles. The first-order valence-electron chi connectivity index (χ1n) is 8.84. The quantitative estimate of drug-likeness (QED) is 0.356. The summed E-state index contributed by atoms with van der Waals surface area (Å²) in [5.41, 5.74) is 1.28. The van der Waals surface area contributed by atoms with Gasteiger partial charge in [-0.05, 0) is 61.4 Å². The van der Waals surface area contributed by atoms with Crippen molar-refractivity contribution in [2.45, 2.75) is 26.6 Å². The second kappa shape index (κ2) is 9.95. The molecule has 0 bridgehead atoms. The number of ether oxygens (including phenoxy) is 2. The molecule has 0 aliphatic heterocycles. The molecule has 0 aromatic heterocycles. The molecule has 2 aromatic rings. The molecule has 0 spiro atoms. The molecule has 2 aromatic carbocycles. The lowest BCUT2D eigenvalue weighted by molar-refractivity contribution is -0.145. The molecule has 0 aliphatic rings. The number of esters is 1. The van der Waals surface area contributed by atoms with E-state index in [1.54, 1.807) is 38.1 Å². The molecular formula is C21H22F3NO4. The average Bonchev–Trinajstić information content (AvgIpc) is 2.71. The molecule has 8 heteroatoms. The highest BCUT2D eigenvalue weighted by atomic mass is 19.4. The van der Waals surface area contributed by atoms with E-state index >= 15 is 0 Å². The Morgan fingerprint density at radius 2 is 1.69 bits per heavy atom. The highest BCUT2D eigenvalue weighted by molar-refractivity contribution is 5.98. The predicted octanol–water partition coefficient (Wildman–Crippen LogP) is 4.83. The van der Waals surface area contributed by atoms with Gasteiger partial charge in [0.05, 0.1) is 24.3 Å². The third kappa shape index (κ3) is 6.81. The molecule has 5 nitrogen and oxygen atoms in total. The van der Waals surface area contributed by atoms with E-state index in [2.05, 4.69) is 9.89 Å². The van der Waals surface area contributed by atoms with Gasteiger partial charge < -0.3 is 14.3 Å². The van der Waals surface area contributed by atoms with Crippen molar-refractivity contribution in [1.82, 2.24) is 0 Å². The molecule has 0 fully saturated rings. The van der Waals surface area contributed by atoms with Crippen LogP contribution in [0.15, 0.2) is 53.7 Å². The molecular weight excluding hydrogens is 387 g/mol. The van der Waals surface area contributed by atoms with Crippen molar-refractivity contribution in [3.8, 4) is 5.75 Å². The summed E-state index contributed by atoms with van der Waals surface area (Å²) < 4.78 is 47.8. The summed E-state index contributed by atoms with van der Waals surface area (Å²) >= 11 is 0. The molecule has 0 N–H and O–H groups in total. The Kier molecular flexibility index (Phi) is 7.64. The first-order valence-corrected chi connectivity index (χ1v) is 8.84. The van der Waals surface area contributed by atoms with E-state index in [1.807, 2.05) is 0 Å². The summed E-state index contributed by atoms with van der Waals surface area (Å²) in [6.07, 6.45) is -4.36. The minimum atomic E-state index is -4.36. The van der Waals surface area contributed by atoms with Crippen molar-refractivity contribution < 1.29 is 32.3 Å². The highest BCUT2D eigenvalue weighted by Crippen LogP contribution is 2.29. The monoisotopic (exact) mass is 409 g/mol. The van der Waals surface area contributed by atoms with Crippen LogP contribution in [0.3, 0.4) is 0 Å². The normalized spacial score (nSPS) is 13.0. The van der Waals surface area contributed by atoms with Crippen LogP contribution in [0.2, 0.25) is 0 Å². The number of alkyl halides is 3. The lowest BCUT2D eigenvalue weighted by atomic mass is 10.1. The number of carbonyl (C=O) groups is 1. The highest BCUT2D eigenvalue weighted by Gasteiger charge is 2.29. The largest absolute Gasteiger partial charge is 0.493 e. The summed E-state index contributed by atoms with van der Waals surface area (Å²) in [7, 11) is 1.33. The smallest absolute Gasteiger partial charge is 0.416 e. The number of nitrogens with zero attached hydrogens (tertiary/aromatic N) is 1. The molecule has 156 valence electrons. The molecule has 0 saturated heterocycles. The van der Waals surface area contributed by atoms with Crippen LogP contribution >= 0.6 is 0 Å². The summed E-state index contributed by atoms with van der Waals surface area (Å²) in [6.45, 7) is 3.73. The van der Waals surface area contributed by atoms with Gasteiger partial charge in [0.2, 0.25) is 0 Å². The van der Waals surface area contributed by atoms with Gasteiger partial charge in [-0.1, -0.05) is 17.3 Å². The molecule has 29 heavy (non-hydrogen) atoms. The van der Waals surface area contributed by atoms with E-state index in [0.29, 0.717) is 17.0 Å². The van der Waals surface area contributed by atoms with Crippen LogP contribution in [-0.2, 0) is 27.2 Å². The summed E-state index contributed by atoms with van der Waals surface area (Å²) in [6, 6.07) is 11.8. The summed E-state index contributed by atoms with van der Waals surface area (Å²) in [4.78, 5) is 16.6. The van der Waals surface area contributed by atoms with Gasteiger partial charge in [-0.15, -0.1) is 0 Å². The number of rotatable bonds is 8. The van der Waals surface area contributed by atoms with E-state index < -0.39 is 11.7 Å². The summed E-state index contributed by atoms with van der Waals surface area (Å²) in [5.74, 6) is -0.112. The zero-order valence-corrected chi connectivity index (χ0v) is 16.3. The lowest BCUT2D eigenvalue weighted by Gasteiger charge is -2.11. The number of hydrogen-bond donors (Lipinski definition) is 0. The van der Waals surface area contributed by atoms with Gasteiger partial charge in [-0.3, -0.25) is 4.79 Å². The van der Waals surface area contributed by atoms with Crippen LogP contribution in [0.1, 0.15) is 30.5 Å². The Labute approximate surface area is 167 Å². The van der Waals surface area contributed by atoms with Crippen LogP contribution in [0.5, 0.6) is 5.75 Å². The Bertz CT molecular complexity index is 830. The van der Waals surface area contributed by atoms with Crippen molar-refractivity contribution in [2.75, 3.05) is 13.7 Å². The van der Waals surface area contributed by atoms with Crippen LogP contribution in [0.4, 0.5) is 13.2 Å². The maximum atomic E-state index is 12.6. The predicted molar refractivity (Wildman–Crippen MR) is 102 cm³/mol. The van der Waals surface area contributed by atoms with Crippen molar-refractivity contribution in [2.24, 2.45) is 11.1 Å². The number of halogens is 3. The number of oxime groups is 1. The van der Waals surface area contributed by atoms with E-state index in [4.69, 9.17) is 9.57 Å². The van der Waals surface area contributed by atoms with E-state index in [9.17, 15) is 18.0 Å². The van der Waals surface area contributed by atoms with Gasteiger partial charge in [0, 0.05) is 0 Å². The molecule has 0 radical (unpaired) electrons. The number of hydrogen-bond acceptors (Lipinski definition) is 5. The fourth-order valence-corrected chi connectivity index (χ4v) is 2.33. The molecule has 1 unspecified atom stereocenters. The SMILES string of the molecule is COC(=O)C(C)COc1ccc(/C(C)=N/OCc2ccc(C(F)(F)F)cc2)cc1. The third-order valence-corrected chi connectivity index (χ3v) is 4.09. The third-order valence-electron chi connectivity index (χ3n) is 4.09. The van der Waals surface area contributed by atoms with Crippen molar-refractivity contribution in [3.05, 3.63) is 65.2 Å². The lowest BCUT2D eigenvalue weighted by Crippen LogP contribution is -2.19. The van der Waals surface area contributed by atoms with Crippen LogP contribution < -0.4 is 4.74 Å². The van der Waals surface area contributed by atoms with Crippen LogP contribution in [0, 0.1) is 5.92 Å². The standard InChI is InChI=1S/C21H22F3NO4/c1-14(20(26)27-3)12-28-19-10-6-17(7-11-19)15(2)25-29-13-16-4-8-18(9-5-16)21(22,23)24/h4-11,14H,12-13H2,1-3H3/b25-15+. The van der Waals surface area contributed by atoms with Crippen molar-refractivity contribution in [3.63, 3.8) is 0 Å². The number of carbonyl (C=O) groups excluding carboxylic acids is 1. The van der Waals surface area contributed by atoms with E-state index in [1.165, 1.54) is 19.2 Å². The molecule has 2 rings (SSSR count). The molecule has 0 heterocycles. The number of methoxy groups -OCH3 is 1. The van der Waals surface area contributed by atoms with Gasteiger partial charge in [-0.25, -0.2) is 0 Å². The topological polar surface area (TPSA) is 57.1 Å². The van der Waals surface area contributed by atoms with Gasteiger partial charge in [-0.2, -0.15) is 13.2 Å². The Balaban J connectivity index is 1.87. The van der Waals surface area contributed by atoms with Gasteiger partial charge >= 0.3 is 12.1 Å². The second-order valence-electron chi connectivity index (χ2n) is 6.40. The zero-order valence-electron chi connectivity index (χ0n) is 16.3. The maximum Gasteiger partial charge on any atom is 0.416 e. The zero-order chi connectivity index (χ0) is 21.4. The van der Waals surface area contributed by atoms with Gasteiger partial charge in [0.1, 0.15) is 19.0 Å². The Morgan fingerprint density at radius 1 is 1.07 bits per heavy atom. The Morgan fingerprint density at radius 3 is 2.24 bits per heavy atom. The van der Waals surface area contributed by atoms with Gasteiger partial charge in [0.25, 0.3) is 0 Å². The first kappa shape index (κ1) is 22.3.